The van der Waals surface area contributed by atoms with Gasteiger partial charge in [0.1, 0.15) is 12.6 Å². The van der Waals surface area contributed by atoms with Gasteiger partial charge in [-0.25, -0.2) is 8.42 Å². The zero-order valence-corrected chi connectivity index (χ0v) is 24.9. The summed E-state index contributed by atoms with van der Waals surface area (Å²) in [5.74, 6) is -0.939. The van der Waals surface area contributed by atoms with Crippen molar-refractivity contribution in [1.82, 2.24) is 10.2 Å². The largest absolute Gasteiger partial charge is 0.350 e. The maximum absolute atomic E-state index is 14.0. The molecule has 0 heterocycles. The number of hydrogen-bond acceptors (Lipinski definition) is 4. The summed E-state index contributed by atoms with van der Waals surface area (Å²) in [4.78, 5) is 28.5. The average Bonchev–Trinajstić information content (AvgIpc) is 2.86. The summed E-state index contributed by atoms with van der Waals surface area (Å²) >= 11 is 12.7. The molecule has 0 aliphatic heterocycles. The van der Waals surface area contributed by atoms with E-state index < -0.39 is 34.1 Å². The zero-order chi connectivity index (χ0) is 29.0. The summed E-state index contributed by atoms with van der Waals surface area (Å²) in [6.07, 6.45) is 0. The van der Waals surface area contributed by atoms with Crippen LogP contribution < -0.4 is 9.62 Å². The van der Waals surface area contributed by atoms with E-state index in [0.717, 1.165) is 15.4 Å². The lowest BCUT2D eigenvalue weighted by atomic mass is 10.1. The van der Waals surface area contributed by atoms with Gasteiger partial charge in [-0.3, -0.25) is 13.9 Å². The number of rotatable bonds is 9. The van der Waals surface area contributed by atoms with Crippen LogP contribution in [-0.4, -0.2) is 43.3 Å². The SMILES string of the molecule is Cc1cccc(CN(C(=O)CN(c2cccc(Cl)c2Cl)S(=O)(=O)c2ccccc2)[C@H](C)C(=O)NC(C)(C)C)c1. The molecule has 2 amide bonds. The fourth-order valence-corrected chi connectivity index (χ4v) is 5.88. The minimum atomic E-state index is -4.23. The van der Waals surface area contributed by atoms with E-state index in [1.54, 1.807) is 31.2 Å². The Hall–Kier alpha value is -3.07. The van der Waals surface area contributed by atoms with Gasteiger partial charge < -0.3 is 10.2 Å². The second-order valence-electron chi connectivity index (χ2n) is 10.3. The van der Waals surface area contributed by atoms with Crippen LogP contribution in [0.4, 0.5) is 5.69 Å². The number of anilines is 1. The minimum Gasteiger partial charge on any atom is -0.350 e. The van der Waals surface area contributed by atoms with Crippen molar-refractivity contribution in [2.24, 2.45) is 0 Å². The quantitative estimate of drug-likeness (QED) is 0.340. The molecule has 0 aromatic heterocycles. The Balaban J connectivity index is 2.07. The molecule has 0 aliphatic rings. The first kappa shape index (κ1) is 30.5. The highest BCUT2D eigenvalue weighted by molar-refractivity contribution is 7.92. The molecule has 3 aromatic carbocycles. The Bertz CT molecular complexity index is 1440. The molecule has 10 heteroatoms. The number of nitrogens with one attached hydrogen (secondary N) is 1. The van der Waals surface area contributed by atoms with Gasteiger partial charge in [-0.1, -0.05) is 77.3 Å². The summed E-state index contributed by atoms with van der Waals surface area (Å²) < 4.78 is 28.6. The molecule has 0 radical (unpaired) electrons. The molecular weight excluding hydrogens is 557 g/mol. The van der Waals surface area contributed by atoms with E-state index in [-0.39, 0.29) is 33.1 Å². The number of carbonyl (C=O) groups excluding carboxylic acids is 2. The van der Waals surface area contributed by atoms with Gasteiger partial charge in [-0.2, -0.15) is 0 Å². The molecule has 1 atom stereocenters. The zero-order valence-electron chi connectivity index (χ0n) is 22.6. The van der Waals surface area contributed by atoms with Crippen LogP contribution in [0.25, 0.3) is 0 Å². The molecule has 39 heavy (non-hydrogen) atoms. The summed E-state index contributed by atoms with van der Waals surface area (Å²) in [5.41, 5.74) is 1.33. The standard InChI is InChI=1S/C29H33Cl2N3O4S/c1-20-11-9-12-22(17-20)18-33(21(2)28(36)32-29(3,4)5)26(35)19-34(25-16-10-15-24(30)27(25)31)39(37,38)23-13-7-6-8-14-23/h6-17,21H,18-19H2,1-5H3,(H,32,36)/t21-/m1/s1. The first-order chi connectivity index (χ1) is 18.2. The number of sulfonamides is 1. The molecular formula is C29H33Cl2N3O4S. The van der Waals surface area contributed by atoms with Gasteiger partial charge >= 0.3 is 0 Å². The topological polar surface area (TPSA) is 86.8 Å². The van der Waals surface area contributed by atoms with Gasteiger partial charge in [-0.15, -0.1) is 0 Å². The van der Waals surface area contributed by atoms with Crippen molar-refractivity contribution < 1.29 is 18.0 Å². The highest BCUT2D eigenvalue weighted by Gasteiger charge is 2.34. The normalized spacial score (nSPS) is 12.5. The predicted octanol–water partition coefficient (Wildman–Crippen LogP) is 5.83. The molecule has 1 N–H and O–H groups in total. The number of halogens is 2. The molecule has 0 aliphatic carbocycles. The van der Waals surface area contributed by atoms with Crippen LogP contribution in [0.2, 0.25) is 10.0 Å². The van der Waals surface area contributed by atoms with Crippen LogP contribution in [0.3, 0.4) is 0 Å². The molecule has 0 unspecified atom stereocenters. The molecule has 0 saturated carbocycles. The van der Waals surface area contributed by atoms with Crippen LogP contribution in [0.15, 0.2) is 77.7 Å². The summed E-state index contributed by atoms with van der Waals surface area (Å²) in [6, 6.07) is 19.0. The van der Waals surface area contributed by atoms with Crippen molar-refractivity contribution in [3.63, 3.8) is 0 Å². The van der Waals surface area contributed by atoms with E-state index >= 15 is 0 Å². The molecule has 0 spiro atoms. The van der Waals surface area contributed by atoms with E-state index in [9.17, 15) is 18.0 Å². The lowest BCUT2D eigenvalue weighted by Gasteiger charge is -2.33. The second-order valence-corrected chi connectivity index (χ2v) is 13.0. The van der Waals surface area contributed by atoms with Gasteiger partial charge in [0.05, 0.1) is 20.6 Å². The Morgan fingerprint density at radius 2 is 1.59 bits per heavy atom. The second kappa shape index (κ2) is 12.4. The highest BCUT2D eigenvalue weighted by Crippen LogP contribution is 2.35. The summed E-state index contributed by atoms with van der Waals surface area (Å²) in [6.45, 7) is 8.59. The van der Waals surface area contributed by atoms with Crippen molar-refractivity contribution >= 4 is 50.7 Å². The predicted molar refractivity (Wildman–Crippen MR) is 157 cm³/mol. The van der Waals surface area contributed by atoms with Gasteiger partial charge in [0, 0.05) is 12.1 Å². The molecule has 0 bridgehead atoms. The Morgan fingerprint density at radius 1 is 0.949 bits per heavy atom. The Labute approximate surface area is 240 Å². The third-order valence-corrected chi connectivity index (χ3v) is 8.49. The maximum atomic E-state index is 14.0. The van der Waals surface area contributed by atoms with Gasteiger partial charge in [0.15, 0.2) is 0 Å². The van der Waals surface area contributed by atoms with Crippen molar-refractivity contribution in [2.75, 3.05) is 10.8 Å². The average molecular weight is 591 g/mol. The Morgan fingerprint density at radius 3 is 2.21 bits per heavy atom. The van der Waals surface area contributed by atoms with Crippen molar-refractivity contribution in [1.29, 1.82) is 0 Å². The van der Waals surface area contributed by atoms with Gasteiger partial charge in [-0.05, 0) is 64.4 Å². The van der Waals surface area contributed by atoms with Gasteiger partial charge in [0.25, 0.3) is 10.0 Å². The van der Waals surface area contributed by atoms with Crippen LogP contribution >= 0.6 is 23.2 Å². The van der Waals surface area contributed by atoms with Crippen molar-refractivity contribution in [3.05, 3.63) is 94.0 Å². The lowest BCUT2D eigenvalue weighted by molar-refractivity contribution is -0.140. The fraction of sp³-hybridized carbons (Fsp3) is 0.310. The maximum Gasteiger partial charge on any atom is 0.264 e. The molecule has 7 nitrogen and oxygen atoms in total. The lowest BCUT2D eigenvalue weighted by Crippen LogP contribution is -2.54. The first-order valence-electron chi connectivity index (χ1n) is 12.4. The Kier molecular flexibility index (Phi) is 9.69. The number of amides is 2. The number of aryl methyl sites for hydroxylation is 1. The third kappa shape index (κ3) is 7.75. The first-order valence-corrected chi connectivity index (χ1v) is 14.6. The van der Waals surface area contributed by atoms with E-state index in [1.807, 2.05) is 52.0 Å². The van der Waals surface area contributed by atoms with E-state index in [2.05, 4.69) is 5.32 Å². The number of benzene rings is 3. The van der Waals surface area contributed by atoms with Crippen LogP contribution in [0.1, 0.15) is 38.8 Å². The number of hydrogen-bond donors (Lipinski definition) is 1. The number of carbonyl (C=O) groups is 2. The van der Waals surface area contributed by atoms with Crippen LogP contribution in [0.5, 0.6) is 0 Å². The highest BCUT2D eigenvalue weighted by atomic mass is 35.5. The van der Waals surface area contributed by atoms with Crippen LogP contribution in [-0.2, 0) is 26.2 Å². The van der Waals surface area contributed by atoms with E-state index in [4.69, 9.17) is 23.2 Å². The monoisotopic (exact) mass is 589 g/mol. The van der Waals surface area contributed by atoms with E-state index in [1.165, 1.54) is 29.2 Å². The van der Waals surface area contributed by atoms with E-state index in [0.29, 0.717) is 0 Å². The smallest absolute Gasteiger partial charge is 0.264 e. The minimum absolute atomic E-state index is 0.00442. The fourth-order valence-electron chi connectivity index (χ4n) is 3.98. The molecule has 3 aromatic rings. The van der Waals surface area contributed by atoms with Crippen LogP contribution in [0, 0.1) is 6.92 Å². The molecule has 3 rings (SSSR count). The summed E-state index contributed by atoms with van der Waals surface area (Å²) in [7, 11) is -4.23. The molecule has 0 saturated heterocycles. The third-order valence-electron chi connectivity index (χ3n) is 5.91. The number of nitrogens with zero attached hydrogens (tertiary/aromatic N) is 2. The van der Waals surface area contributed by atoms with Crippen molar-refractivity contribution in [3.8, 4) is 0 Å². The molecule has 208 valence electrons. The van der Waals surface area contributed by atoms with Crippen molar-refractivity contribution in [2.45, 2.75) is 57.6 Å². The molecule has 0 fully saturated rings. The van der Waals surface area contributed by atoms with Gasteiger partial charge in [0.2, 0.25) is 11.8 Å². The summed E-state index contributed by atoms with van der Waals surface area (Å²) in [5, 5.41) is 3.04.